The number of halogens is 3. The van der Waals surface area contributed by atoms with Crippen molar-refractivity contribution in [2.24, 2.45) is 0 Å². The molecule has 1 atom stereocenters. The summed E-state index contributed by atoms with van der Waals surface area (Å²) >= 11 is 0. The van der Waals surface area contributed by atoms with Gasteiger partial charge in [0.1, 0.15) is 17.2 Å². The topological polar surface area (TPSA) is 85.2 Å². The van der Waals surface area contributed by atoms with Gasteiger partial charge in [-0.05, 0) is 31.2 Å². The van der Waals surface area contributed by atoms with Crippen molar-refractivity contribution in [1.29, 1.82) is 0 Å². The standard InChI is InChI=1S/C15H12F3N3O3/c1-9-5-6-11(23-9)14(22,15(16,17)18)8-12-20-13(21-24-12)10-4-2-3-7-19-10/h2-7,22H,8H2,1H3. The van der Waals surface area contributed by atoms with Gasteiger partial charge in [0, 0.05) is 6.20 Å². The molecule has 0 bridgehead atoms. The molecule has 3 aromatic heterocycles. The summed E-state index contributed by atoms with van der Waals surface area (Å²) in [4.78, 5) is 7.85. The SMILES string of the molecule is Cc1ccc(C(O)(Cc2nc(-c3ccccn3)no2)C(F)(F)F)o1. The predicted molar refractivity (Wildman–Crippen MR) is 74.6 cm³/mol. The Morgan fingerprint density at radius 3 is 2.54 bits per heavy atom. The van der Waals surface area contributed by atoms with Crippen LogP contribution in [0, 0.1) is 6.92 Å². The molecule has 0 aliphatic carbocycles. The van der Waals surface area contributed by atoms with Gasteiger partial charge in [-0.1, -0.05) is 11.2 Å². The second-order valence-corrected chi connectivity index (χ2v) is 5.17. The van der Waals surface area contributed by atoms with E-state index >= 15 is 0 Å². The Morgan fingerprint density at radius 2 is 1.96 bits per heavy atom. The summed E-state index contributed by atoms with van der Waals surface area (Å²) in [6.45, 7) is 1.48. The van der Waals surface area contributed by atoms with Crippen molar-refractivity contribution in [3.8, 4) is 11.5 Å². The number of rotatable bonds is 4. The molecule has 0 saturated heterocycles. The second-order valence-electron chi connectivity index (χ2n) is 5.17. The monoisotopic (exact) mass is 339 g/mol. The summed E-state index contributed by atoms with van der Waals surface area (Å²) < 4.78 is 50.0. The molecule has 0 aliphatic heterocycles. The maximum absolute atomic E-state index is 13.4. The van der Waals surface area contributed by atoms with Gasteiger partial charge in [-0.25, -0.2) is 0 Å². The first-order valence-corrected chi connectivity index (χ1v) is 6.89. The minimum atomic E-state index is -4.99. The molecule has 24 heavy (non-hydrogen) atoms. The van der Waals surface area contributed by atoms with Crippen LogP contribution in [-0.2, 0) is 12.0 Å². The van der Waals surface area contributed by atoms with E-state index in [0.29, 0.717) is 5.69 Å². The van der Waals surface area contributed by atoms with Gasteiger partial charge in [-0.3, -0.25) is 4.98 Å². The highest BCUT2D eigenvalue weighted by molar-refractivity contribution is 5.47. The lowest BCUT2D eigenvalue weighted by molar-refractivity contribution is -0.273. The zero-order chi connectivity index (χ0) is 17.4. The van der Waals surface area contributed by atoms with Crippen LogP contribution in [0.3, 0.4) is 0 Å². The highest BCUT2D eigenvalue weighted by Gasteiger charge is 2.58. The van der Waals surface area contributed by atoms with Crippen molar-refractivity contribution < 1.29 is 27.2 Å². The highest BCUT2D eigenvalue weighted by atomic mass is 19.4. The van der Waals surface area contributed by atoms with Crippen LogP contribution in [0.15, 0.2) is 45.5 Å². The maximum Gasteiger partial charge on any atom is 0.425 e. The summed E-state index contributed by atoms with van der Waals surface area (Å²) in [5, 5.41) is 13.8. The summed E-state index contributed by atoms with van der Waals surface area (Å²) in [5.74, 6) is -0.743. The van der Waals surface area contributed by atoms with Crippen LogP contribution in [0.2, 0.25) is 0 Å². The molecule has 126 valence electrons. The Balaban J connectivity index is 1.93. The van der Waals surface area contributed by atoms with E-state index in [9.17, 15) is 18.3 Å². The summed E-state index contributed by atoms with van der Waals surface area (Å²) in [7, 11) is 0. The summed E-state index contributed by atoms with van der Waals surface area (Å²) in [5.41, 5.74) is -2.92. The Kier molecular flexibility index (Phi) is 3.88. The Hall–Kier alpha value is -2.68. The quantitative estimate of drug-likeness (QED) is 0.786. The molecular formula is C15H12F3N3O3. The van der Waals surface area contributed by atoms with Crippen LogP contribution < -0.4 is 0 Å². The number of hydrogen-bond acceptors (Lipinski definition) is 6. The van der Waals surface area contributed by atoms with Gasteiger partial charge in [-0.2, -0.15) is 18.2 Å². The zero-order valence-electron chi connectivity index (χ0n) is 12.4. The van der Waals surface area contributed by atoms with Gasteiger partial charge in [0.2, 0.25) is 17.3 Å². The third kappa shape index (κ3) is 2.90. The normalized spacial score (nSPS) is 14.5. The molecular weight excluding hydrogens is 327 g/mol. The fraction of sp³-hybridized carbons (Fsp3) is 0.267. The van der Waals surface area contributed by atoms with Gasteiger partial charge >= 0.3 is 6.18 Å². The summed E-state index contributed by atoms with van der Waals surface area (Å²) in [6.07, 6.45) is -4.47. The fourth-order valence-electron chi connectivity index (χ4n) is 2.13. The lowest BCUT2D eigenvalue weighted by atomic mass is 9.95. The van der Waals surface area contributed by atoms with Crippen LogP contribution in [0.4, 0.5) is 13.2 Å². The zero-order valence-corrected chi connectivity index (χ0v) is 12.4. The molecule has 0 aromatic carbocycles. The van der Waals surface area contributed by atoms with E-state index in [2.05, 4.69) is 15.1 Å². The lowest BCUT2D eigenvalue weighted by Crippen LogP contribution is -2.44. The fourth-order valence-corrected chi connectivity index (χ4v) is 2.13. The molecule has 0 fully saturated rings. The van der Waals surface area contributed by atoms with Crippen LogP contribution in [0.1, 0.15) is 17.4 Å². The van der Waals surface area contributed by atoms with Crippen molar-refractivity contribution in [3.63, 3.8) is 0 Å². The number of pyridine rings is 1. The first-order valence-electron chi connectivity index (χ1n) is 6.89. The molecule has 9 heteroatoms. The van der Waals surface area contributed by atoms with E-state index in [1.807, 2.05) is 0 Å². The number of furan rings is 1. The van der Waals surface area contributed by atoms with Crippen LogP contribution in [0.25, 0.3) is 11.5 Å². The molecule has 1 N–H and O–H groups in total. The average molecular weight is 339 g/mol. The van der Waals surface area contributed by atoms with Crippen molar-refractivity contribution in [3.05, 3.63) is 53.9 Å². The van der Waals surface area contributed by atoms with Crippen LogP contribution >= 0.6 is 0 Å². The molecule has 3 heterocycles. The smallest absolute Gasteiger partial charge is 0.425 e. The van der Waals surface area contributed by atoms with E-state index in [1.54, 1.807) is 18.2 Å². The van der Waals surface area contributed by atoms with E-state index in [4.69, 9.17) is 8.94 Å². The number of aliphatic hydroxyl groups is 1. The summed E-state index contributed by atoms with van der Waals surface area (Å²) in [6, 6.07) is 7.33. The third-order valence-corrected chi connectivity index (χ3v) is 3.39. The Bertz CT molecular complexity index is 829. The number of hydrogen-bond donors (Lipinski definition) is 1. The second kappa shape index (κ2) is 5.75. The van der Waals surface area contributed by atoms with Gasteiger partial charge < -0.3 is 14.0 Å². The number of alkyl halides is 3. The van der Waals surface area contributed by atoms with Gasteiger partial charge in [0.25, 0.3) is 0 Å². The molecule has 1 unspecified atom stereocenters. The van der Waals surface area contributed by atoms with Gasteiger partial charge in [-0.15, -0.1) is 0 Å². The van der Waals surface area contributed by atoms with Crippen molar-refractivity contribution in [2.45, 2.75) is 25.1 Å². The highest BCUT2D eigenvalue weighted by Crippen LogP contribution is 2.42. The Morgan fingerprint density at radius 1 is 1.17 bits per heavy atom. The largest absolute Gasteiger partial charge is 0.463 e. The third-order valence-electron chi connectivity index (χ3n) is 3.39. The molecule has 0 saturated carbocycles. The van der Waals surface area contributed by atoms with Crippen LogP contribution in [-0.4, -0.2) is 26.4 Å². The molecule has 0 radical (unpaired) electrons. The number of aromatic nitrogens is 3. The molecule has 0 spiro atoms. The van der Waals surface area contributed by atoms with E-state index < -0.39 is 24.0 Å². The van der Waals surface area contributed by atoms with Crippen molar-refractivity contribution in [1.82, 2.24) is 15.1 Å². The molecule has 0 aliphatic rings. The maximum atomic E-state index is 13.4. The minimum Gasteiger partial charge on any atom is -0.463 e. The first-order chi connectivity index (χ1) is 11.3. The van der Waals surface area contributed by atoms with Crippen LogP contribution in [0.5, 0.6) is 0 Å². The number of aryl methyl sites for hydroxylation is 1. The van der Waals surface area contributed by atoms with E-state index in [-0.39, 0.29) is 17.5 Å². The van der Waals surface area contributed by atoms with Gasteiger partial charge in [0.05, 0.1) is 6.42 Å². The molecule has 3 rings (SSSR count). The molecule has 0 amide bonds. The minimum absolute atomic E-state index is 0.0331. The molecule has 3 aromatic rings. The molecule has 6 nitrogen and oxygen atoms in total. The first kappa shape index (κ1) is 16.2. The van der Waals surface area contributed by atoms with Gasteiger partial charge in [0.15, 0.2) is 0 Å². The predicted octanol–water partition coefficient (Wildman–Crippen LogP) is 3.03. The van der Waals surface area contributed by atoms with Crippen molar-refractivity contribution >= 4 is 0 Å². The van der Waals surface area contributed by atoms with Crippen molar-refractivity contribution in [2.75, 3.05) is 0 Å². The van der Waals surface area contributed by atoms with E-state index in [1.165, 1.54) is 19.2 Å². The van der Waals surface area contributed by atoms with E-state index in [0.717, 1.165) is 6.07 Å². The number of nitrogens with zero attached hydrogens (tertiary/aromatic N) is 3. The Labute approximate surface area is 133 Å². The lowest BCUT2D eigenvalue weighted by Gasteiger charge is -2.26. The average Bonchev–Trinajstić information content (AvgIpc) is 3.16.